The minimum Gasteiger partial charge on any atom is -0.370 e. The molecule has 2 rings (SSSR count). The van der Waals surface area contributed by atoms with Crippen molar-refractivity contribution in [3.8, 4) is 0 Å². The minimum absolute atomic E-state index is 0.301. The second kappa shape index (κ2) is 5.49. The fourth-order valence-corrected chi connectivity index (χ4v) is 2.85. The molecule has 2 atom stereocenters. The number of thioether (sulfide) groups is 1. The molecule has 18 heavy (non-hydrogen) atoms. The van der Waals surface area contributed by atoms with Gasteiger partial charge in [0.25, 0.3) is 0 Å². The van der Waals surface area contributed by atoms with E-state index < -0.39 is 11.9 Å². The predicted octanol–water partition coefficient (Wildman–Crippen LogP) is 1.51. The maximum atomic E-state index is 12.9. The van der Waals surface area contributed by atoms with E-state index in [2.05, 4.69) is 4.99 Å². The van der Waals surface area contributed by atoms with Crippen molar-refractivity contribution in [3.05, 3.63) is 35.6 Å². The lowest BCUT2D eigenvalue weighted by atomic mass is 10.1. The summed E-state index contributed by atoms with van der Waals surface area (Å²) >= 11 is 1.44. The summed E-state index contributed by atoms with van der Waals surface area (Å²) in [6, 6.07) is 5.53. The number of carbonyl (C=O) groups excluding carboxylic acids is 1. The van der Waals surface area contributed by atoms with Crippen molar-refractivity contribution in [3.63, 3.8) is 0 Å². The highest BCUT2D eigenvalue weighted by Gasteiger charge is 2.28. The van der Waals surface area contributed by atoms with Gasteiger partial charge in [0, 0.05) is 12.9 Å². The Morgan fingerprint density at radius 2 is 2.22 bits per heavy atom. The molecule has 0 saturated heterocycles. The van der Waals surface area contributed by atoms with Crippen LogP contribution < -0.4 is 5.73 Å². The van der Waals surface area contributed by atoms with E-state index in [1.54, 1.807) is 19.2 Å². The van der Waals surface area contributed by atoms with Crippen LogP contribution in [0.25, 0.3) is 0 Å². The van der Waals surface area contributed by atoms with Gasteiger partial charge in [0.15, 0.2) is 0 Å². The average molecular weight is 268 g/mol. The Bertz CT molecular complexity index is 475. The Kier molecular flexibility index (Phi) is 3.98. The highest BCUT2D eigenvalue weighted by Crippen LogP contribution is 2.30. The SMILES string of the molecule is COC(C1=NC(C(N)=O)CS1)c1ccc(F)cc1. The van der Waals surface area contributed by atoms with Crippen LogP contribution in [0.1, 0.15) is 11.7 Å². The molecule has 6 heteroatoms. The normalized spacial score (nSPS) is 20.6. The van der Waals surface area contributed by atoms with Gasteiger partial charge in [-0.2, -0.15) is 0 Å². The standard InChI is InChI=1S/C12H13FN2O2S/c1-17-10(7-2-4-8(13)5-3-7)12-15-9(6-18-12)11(14)16/h2-5,9-10H,6H2,1H3,(H2,14,16). The monoisotopic (exact) mass is 268 g/mol. The summed E-state index contributed by atoms with van der Waals surface area (Å²) in [6.07, 6.45) is -0.375. The van der Waals surface area contributed by atoms with Crippen molar-refractivity contribution in [2.45, 2.75) is 12.1 Å². The van der Waals surface area contributed by atoms with Crippen LogP contribution in [0.4, 0.5) is 4.39 Å². The lowest BCUT2D eigenvalue weighted by Crippen LogP contribution is -2.26. The minimum atomic E-state index is -0.497. The molecular weight excluding hydrogens is 255 g/mol. The van der Waals surface area contributed by atoms with Crippen LogP contribution in [0.15, 0.2) is 29.3 Å². The van der Waals surface area contributed by atoms with Gasteiger partial charge in [0.1, 0.15) is 23.0 Å². The number of nitrogens with two attached hydrogens (primary N) is 1. The first-order valence-electron chi connectivity index (χ1n) is 5.40. The van der Waals surface area contributed by atoms with Crippen molar-refractivity contribution in [2.24, 2.45) is 10.7 Å². The second-order valence-electron chi connectivity index (χ2n) is 3.86. The molecule has 0 aliphatic carbocycles. The number of carbonyl (C=O) groups is 1. The van der Waals surface area contributed by atoms with E-state index in [0.29, 0.717) is 10.8 Å². The van der Waals surface area contributed by atoms with Crippen molar-refractivity contribution in [1.29, 1.82) is 0 Å². The van der Waals surface area contributed by atoms with Crippen LogP contribution in [0.3, 0.4) is 0 Å². The lowest BCUT2D eigenvalue weighted by molar-refractivity contribution is -0.118. The van der Waals surface area contributed by atoms with Gasteiger partial charge in [-0.1, -0.05) is 12.1 Å². The average Bonchev–Trinajstić information content (AvgIpc) is 2.82. The van der Waals surface area contributed by atoms with Gasteiger partial charge in [-0.05, 0) is 17.7 Å². The van der Waals surface area contributed by atoms with Crippen LogP contribution in [-0.2, 0) is 9.53 Å². The number of primary amides is 1. The molecule has 0 spiro atoms. The van der Waals surface area contributed by atoms with Gasteiger partial charge in [0.05, 0.1) is 0 Å². The second-order valence-corrected chi connectivity index (χ2v) is 4.90. The highest BCUT2D eigenvalue weighted by molar-refractivity contribution is 8.14. The van der Waals surface area contributed by atoms with Gasteiger partial charge in [0.2, 0.25) is 5.91 Å². The Labute approximate surface area is 108 Å². The number of ether oxygens (including phenoxy) is 1. The molecule has 0 aromatic heterocycles. The number of halogens is 1. The molecule has 1 aliphatic rings. The number of rotatable bonds is 4. The van der Waals surface area contributed by atoms with Gasteiger partial charge in [-0.3, -0.25) is 9.79 Å². The molecule has 0 saturated carbocycles. The van der Waals surface area contributed by atoms with Crippen LogP contribution in [0.5, 0.6) is 0 Å². The maximum Gasteiger partial charge on any atom is 0.243 e. The van der Waals surface area contributed by atoms with Crippen LogP contribution in [0.2, 0.25) is 0 Å². The number of benzene rings is 1. The van der Waals surface area contributed by atoms with Crippen LogP contribution in [-0.4, -0.2) is 29.9 Å². The van der Waals surface area contributed by atoms with E-state index in [1.165, 1.54) is 23.9 Å². The highest BCUT2D eigenvalue weighted by atomic mass is 32.2. The van der Waals surface area contributed by atoms with Crippen LogP contribution >= 0.6 is 11.8 Å². The first-order valence-corrected chi connectivity index (χ1v) is 6.38. The zero-order chi connectivity index (χ0) is 13.1. The quantitative estimate of drug-likeness (QED) is 0.900. The fraction of sp³-hybridized carbons (Fsp3) is 0.333. The third kappa shape index (κ3) is 2.70. The first kappa shape index (κ1) is 13.0. The summed E-state index contributed by atoms with van der Waals surface area (Å²) in [7, 11) is 1.55. The number of hydrogen-bond donors (Lipinski definition) is 1. The van der Waals surface area contributed by atoms with Gasteiger partial charge >= 0.3 is 0 Å². The smallest absolute Gasteiger partial charge is 0.243 e. The number of methoxy groups -OCH3 is 1. The molecule has 1 aromatic rings. The number of hydrogen-bond acceptors (Lipinski definition) is 4. The number of nitrogens with zero attached hydrogens (tertiary/aromatic N) is 1. The summed E-state index contributed by atoms with van der Waals surface area (Å²) in [6.45, 7) is 0. The summed E-state index contributed by atoms with van der Waals surface area (Å²) < 4.78 is 18.2. The fourth-order valence-electron chi connectivity index (χ4n) is 1.70. The summed E-state index contributed by atoms with van der Waals surface area (Å²) in [5.41, 5.74) is 6.01. The van der Waals surface area contributed by atoms with Crippen LogP contribution in [0, 0.1) is 5.82 Å². The Morgan fingerprint density at radius 3 is 2.72 bits per heavy atom. The Hall–Kier alpha value is -1.40. The largest absolute Gasteiger partial charge is 0.370 e. The molecule has 2 unspecified atom stereocenters. The van der Waals surface area contributed by atoms with Gasteiger partial charge in [-0.15, -0.1) is 11.8 Å². The van der Waals surface area contributed by atoms with E-state index in [9.17, 15) is 9.18 Å². The molecule has 0 fully saturated rings. The molecular formula is C12H13FN2O2S. The van der Waals surface area contributed by atoms with E-state index in [4.69, 9.17) is 10.5 Å². The van der Waals surface area contributed by atoms with E-state index >= 15 is 0 Å². The molecule has 1 aliphatic heterocycles. The van der Waals surface area contributed by atoms with E-state index in [-0.39, 0.29) is 11.9 Å². The van der Waals surface area contributed by atoms with Gasteiger partial charge < -0.3 is 10.5 Å². The first-order chi connectivity index (χ1) is 8.61. The number of aliphatic imine (C=N–C) groups is 1. The van der Waals surface area contributed by atoms with Crippen molar-refractivity contribution in [2.75, 3.05) is 12.9 Å². The summed E-state index contributed by atoms with van der Waals surface area (Å²) in [5, 5.41) is 0.702. The van der Waals surface area contributed by atoms with Crippen molar-refractivity contribution in [1.82, 2.24) is 0 Å². The topological polar surface area (TPSA) is 64.7 Å². The van der Waals surface area contributed by atoms with Gasteiger partial charge in [-0.25, -0.2) is 4.39 Å². The molecule has 1 heterocycles. The zero-order valence-electron chi connectivity index (χ0n) is 9.80. The summed E-state index contributed by atoms with van der Waals surface area (Å²) in [5.74, 6) is -0.206. The molecule has 1 aromatic carbocycles. The Balaban J connectivity index is 2.22. The molecule has 1 amide bonds. The lowest BCUT2D eigenvalue weighted by Gasteiger charge is -2.14. The predicted molar refractivity (Wildman–Crippen MR) is 69.0 cm³/mol. The molecule has 96 valence electrons. The zero-order valence-corrected chi connectivity index (χ0v) is 10.6. The maximum absolute atomic E-state index is 12.9. The van der Waals surface area contributed by atoms with Crippen molar-refractivity contribution >= 4 is 22.7 Å². The van der Waals surface area contributed by atoms with E-state index in [0.717, 1.165) is 5.56 Å². The Morgan fingerprint density at radius 1 is 1.56 bits per heavy atom. The van der Waals surface area contributed by atoms with E-state index in [1.807, 2.05) is 0 Å². The molecule has 4 nitrogen and oxygen atoms in total. The third-order valence-corrected chi connectivity index (χ3v) is 3.73. The molecule has 0 bridgehead atoms. The third-order valence-electron chi connectivity index (χ3n) is 2.63. The molecule has 0 radical (unpaired) electrons. The number of amides is 1. The summed E-state index contributed by atoms with van der Waals surface area (Å²) in [4.78, 5) is 15.3. The van der Waals surface area contributed by atoms with Crippen molar-refractivity contribution < 1.29 is 13.9 Å². The molecule has 2 N–H and O–H groups in total.